The monoisotopic (exact) mass is 546 g/mol. The number of benzene rings is 1. The van der Waals surface area contributed by atoms with Crippen LogP contribution in [0.2, 0.25) is 0 Å². The maximum atomic E-state index is 14.3. The Balaban J connectivity index is 0.00000450. The van der Waals surface area contributed by atoms with E-state index in [1.165, 1.54) is 18.0 Å². The van der Waals surface area contributed by atoms with Gasteiger partial charge in [0.1, 0.15) is 0 Å². The van der Waals surface area contributed by atoms with Crippen molar-refractivity contribution in [1.29, 1.82) is 0 Å². The van der Waals surface area contributed by atoms with E-state index in [0.717, 1.165) is 18.4 Å². The first-order chi connectivity index (χ1) is 13.7. The zero-order chi connectivity index (χ0) is 21.4. The van der Waals surface area contributed by atoms with Crippen LogP contribution in [0.4, 0.5) is 17.6 Å². The van der Waals surface area contributed by atoms with Crippen molar-refractivity contribution in [3.63, 3.8) is 0 Å². The van der Waals surface area contributed by atoms with Crippen LogP contribution in [0.25, 0.3) is 0 Å². The first-order valence-corrected chi connectivity index (χ1v) is 9.82. The average molecular weight is 546 g/mol. The first kappa shape index (κ1) is 26.7. The number of hydrogen-bond acceptors (Lipinski definition) is 3. The van der Waals surface area contributed by atoms with Gasteiger partial charge in [-0.1, -0.05) is 6.07 Å². The van der Waals surface area contributed by atoms with E-state index in [1.54, 1.807) is 13.1 Å². The smallest absolute Gasteiger partial charge is 0.401 e. The van der Waals surface area contributed by atoms with E-state index in [1.807, 2.05) is 13.0 Å². The van der Waals surface area contributed by atoms with Crippen molar-refractivity contribution in [2.75, 3.05) is 40.3 Å². The average Bonchev–Trinajstić information content (AvgIpc) is 3.46. The molecule has 1 aliphatic carbocycles. The molecule has 0 spiro atoms. The Labute approximate surface area is 192 Å². The van der Waals surface area contributed by atoms with Crippen LogP contribution >= 0.6 is 24.0 Å². The van der Waals surface area contributed by atoms with Gasteiger partial charge in [-0.05, 0) is 63.4 Å². The van der Waals surface area contributed by atoms with E-state index >= 15 is 0 Å². The summed E-state index contributed by atoms with van der Waals surface area (Å²) in [6.45, 7) is 2.29. The summed E-state index contributed by atoms with van der Waals surface area (Å²) in [6, 6.07) is 4.68. The molecule has 1 unspecified atom stereocenters. The molecule has 1 aromatic rings. The van der Waals surface area contributed by atoms with Crippen LogP contribution in [0.3, 0.4) is 0 Å². The second kappa shape index (κ2) is 12.5. The minimum atomic E-state index is -4.19. The lowest BCUT2D eigenvalue weighted by Crippen LogP contribution is -2.40. The van der Waals surface area contributed by atoms with Crippen molar-refractivity contribution in [2.45, 2.75) is 38.4 Å². The summed E-state index contributed by atoms with van der Waals surface area (Å²) in [4.78, 5) is 5.34. The molecule has 1 aromatic carbocycles. The van der Waals surface area contributed by atoms with Gasteiger partial charge >= 0.3 is 6.18 Å². The highest BCUT2D eigenvalue weighted by molar-refractivity contribution is 14.0. The third kappa shape index (κ3) is 10.1. The van der Waals surface area contributed by atoms with Crippen LogP contribution in [0.1, 0.15) is 37.8 Å². The number of nitrogens with zero attached hydrogens (tertiary/aromatic N) is 2. The Bertz CT molecular complexity index is 683. The SMILES string of the molecule is CN=C(NCCCN(C)CC(F)(F)F)NC(C)c1ccc(OCC2CC2)c(F)c1.I. The molecule has 0 bridgehead atoms. The lowest BCUT2D eigenvalue weighted by atomic mass is 10.1. The van der Waals surface area contributed by atoms with Crippen molar-refractivity contribution >= 4 is 29.9 Å². The number of ether oxygens (including phenoxy) is 1. The molecule has 0 aromatic heterocycles. The zero-order valence-corrected chi connectivity index (χ0v) is 19.9. The lowest BCUT2D eigenvalue weighted by molar-refractivity contribution is -0.143. The number of hydrogen-bond donors (Lipinski definition) is 2. The molecular weight excluding hydrogens is 515 g/mol. The van der Waals surface area contributed by atoms with Crippen LogP contribution in [0, 0.1) is 11.7 Å². The molecule has 5 nitrogen and oxygen atoms in total. The van der Waals surface area contributed by atoms with E-state index in [9.17, 15) is 17.6 Å². The number of guanidine groups is 1. The minimum absolute atomic E-state index is 0. The molecule has 0 saturated heterocycles. The van der Waals surface area contributed by atoms with Gasteiger partial charge in [-0.2, -0.15) is 13.2 Å². The summed E-state index contributed by atoms with van der Waals surface area (Å²) in [6.07, 6.45) is -1.37. The molecule has 2 N–H and O–H groups in total. The Morgan fingerprint density at radius 2 is 2.03 bits per heavy atom. The number of aliphatic imine (C=N–C) groups is 1. The van der Waals surface area contributed by atoms with E-state index in [0.29, 0.717) is 38.0 Å². The molecule has 1 saturated carbocycles. The standard InChI is InChI=1S/C20H30F4N4O.HI/c1-14(16-7-8-18(17(21)11-16)29-12-15-5-6-15)27-19(25-2)26-9-4-10-28(3)13-20(22,23)24;/h7-8,11,14-15H,4-6,9-10,12-13H2,1-3H3,(H2,25,26,27);1H. The normalized spacial score (nSPS) is 15.5. The molecule has 0 radical (unpaired) electrons. The molecule has 30 heavy (non-hydrogen) atoms. The topological polar surface area (TPSA) is 48.9 Å². The van der Waals surface area contributed by atoms with Gasteiger partial charge in [0.05, 0.1) is 19.2 Å². The molecular formula is C20H31F4IN4O. The summed E-state index contributed by atoms with van der Waals surface area (Å²) in [5, 5.41) is 6.22. The number of alkyl halides is 3. The summed E-state index contributed by atoms with van der Waals surface area (Å²) in [5.74, 6) is 0.925. The number of rotatable bonds is 10. The summed E-state index contributed by atoms with van der Waals surface area (Å²) in [5.41, 5.74) is 0.745. The molecule has 2 rings (SSSR count). The van der Waals surface area contributed by atoms with Gasteiger partial charge in [0.2, 0.25) is 0 Å². The highest BCUT2D eigenvalue weighted by Gasteiger charge is 2.28. The van der Waals surface area contributed by atoms with Crippen molar-refractivity contribution in [1.82, 2.24) is 15.5 Å². The molecule has 1 atom stereocenters. The van der Waals surface area contributed by atoms with Crippen molar-refractivity contribution in [2.24, 2.45) is 10.9 Å². The van der Waals surface area contributed by atoms with Crippen LogP contribution in [0.15, 0.2) is 23.2 Å². The van der Waals surface area contributed by atoms with Gasteiger partial charge in [-0.3, -0.25) is 9.89 Å². The summed E-state index contributed by atoms with van der Waals surface area (Å²) < 4.78 is 56.7. The Hall–Kier alpha value is -1.30. The van der Waals surface area contributed by atoms with E-state index in [2.05, 4.69) is 15.6 Å². The van der Waals surface area contributed by atoms with Gasteiger partial charge in [0, 0.05) is 13.6 Å². The Kier molecular flexibility index (Phi) is 11.2. The van der Waals surface area contributed by atoms with E-state index in [-0.39, 0.29) is 35.8 Å². The van der Waals surface area contributed by atoms with Crippen LogP contribution in [-0.4, -0.2) is 57.4 Å². The fourth-order valence-electron chi connectivity index (χ4n) is 2.82. The summed E-state index contributed by atoms with van der Waals surface area (Å²) >= 11 is 0. The molecule has 10 heteroatoms. The number of halogens is 5. The minimum Gasteiger partial charge on any atom is -0.490 e. The highest BCUT2D eigenvalue weighted by atomic mass is 127. The molecule has 0 amide bonds. The molecule has 0 aliphatic heterocycles. The first-order valence-electron chi connectivity index (χ1n) is 9.82. The molecule has 172 valence electrons. The van der Waals surface area contributed by atoms with Crippen molar-refractivity contribution in [3.8, 4) is 5.75 Å². The van der Waals surface area contributed by atoms with Gasteiger partial charge in [-0.15, -0.1) is 24.0 Å². The molecule has 1 aliphatic rings. The van der Waals surface area contributed by atoms with Crippen LogP contribution in [0.5, 0.6) is 5.75 Å². The van der Waals surface area contributed by atoms with Gasteiger partial charge < -0.3 is 15.4 Å². The van der Waals surface area contributed by atoms with Crippen molar-refractivity contribution < 1.29 is 22.3 Å². The quantitative estimate of drug-likeness (QED) is 0.151. The van der Waals surface area contributed by atoms with Crippen LogP contribution < -0.4 is 15.4 Å². The van der Waals surface area contributed by atoms with Crippen LogP contribution in [-0.2, 0) is 0 Å². The fourth-order valence-corrected chi connectivity index (χ4v) is 2.82. The van der Waals surface area contributed by atoms with E-state index < -0.39 is 18.5 Å². The zero-order valence-electron chi connectivity index (χ0n) is 17.6. The third-order valence-corrected chi connectivity index (χ3v) is 4.66. The summed E-state index contributed by atoms with van der Waals surface area (Å²) in [7, 11) is 3.04. The Morgan fingerprint density at radius 3 is 2.60 bits per heavy atom. The molecule has 0 heterocycles. The van der Waals surface area contributed by atoms with Gasteiger partial charge in [0.25, 0.3) is 0 Å². The largest absolute Gasteiger partial charge is 0.490 e. The van der Waals surface area contributed by atoms with Gasteiger partial charge in [-0.25, -0.2) is 4.39 Å². The maximum Gasteiger partial charge on any atom is 0.401 e. The van der Waals surface area contributed by atoms with E-state index in [4.69, 9.17) is 4.74 Å². The Morgan fingerprint density at radius 1 is 1.33 bits per heavy atom. The van der Waals surface area contributed by atoms with Gasteiger partial charge in [0.15, 0.2) is 17.5 Å². The number of nitrogens with one attached hydrogen (secondary N) is 2. The highest BCUT2D eigenvalue weighted by Crippen LogP contribution is 2.30. The van der Waals surface area contributed by atoms with Crippen molar-refractivity contribution in [3.05, 3.63) is 29.6 Å². The predicted molar refractivity (Wildman–Crippen MR) is 121 cm³/mol. The maximum absolute atomic E-state index is 14.3. The second-order valence-corrected chi connectivity index (χ2v) is 7.52. The third-order valence-electron chi connectivity index (χ3n) is 4.66. The fraction of sp³-hybridized carbons (Fsp3) is 0.650. The predicted octanol–water partition coefficient (Wildman–Crippen LogP) is 4.34. The second-order valence-electron chi connectivity index (χ2n) is 7.52. The lowest BCUT2D eigenvalue weighted by Gasteiger charge is -2.20. The molecule has 1 fully saturated rings.